The minimum absolute atomic E-state index is 0.292. The molecule has 3 aromatic rings. The number of nitrogens with one attached hydrogen (secondary N) is 1. The van der Waals surface area contributed by atoms with Crippen molar-refractivity contribution in [2.45, 2.75) is 20.0 Å². The number of benzene rings is 1. The lowest BCUT2D eigenvalue weighted by Gasteiger charge is -2.19. The summed E-state index contributed by atoms with van der Waals surface area (Å²) in [6.45, 7) is 3.96. The van der Waals surface area contributed by atoms with Crippen molar-refractivity contribution in [3.8, 4) is 17.2 Å². The molecule has 0 amide bonds. The molecule has 28 heavy (non-hydrogen) atoms. The summed E-state index contributed by atoms with van der Waals surface area (Å²) < 4.78 is 22.9. The van der Waals surface area contributed by atoms with Crippen molar-refractivity contribution in [2.75, 3.05) is 19.8 Å². The molecule has 0 atom stereocenters. The number of carbonyl (C=O) groups excluding carboxylic acids is 1. The molecule has 0 saturated carbocycles. The fourth-order valence-electron chi connectivity index (χ4n) is 2.95. The minimum Gasteiger partial charge on any atom is -0.486 e. The zero-order valence-electron chi connectivity index (χ0n) is 15.4. The van der Waals surface area contributed by atoms with Crippen LogP contribution < -0.4 is 14.8 Å². The van der Waals surface area contributed by atoms with E-state index < -0.39 is 5.97 Å². The second-order valence-corrected chi connectivity index (χ2v) is 6.06. The molecular formula is C19H20N4O5. The Bertz CT molecular complexity index is 951. The molecule has 0 bridgehead atoms. The van der Waals surface area contributed by atoms with Gasteiger partial charge in [0.15, 0.2) is 11.5 Å². The summed E-state index contributed by atoms with van der Waals surface area (Å²) in [5.41, 5.74) is 2.61. The molecule has 2 aromatic heterocycles. The number of esters is 1. The topological polar surface area (TPSA) is 101 Å². The predicted molar refractivity (Wildman–Crippen MR) is 97.6 cm³/mol. The Morgan fingerprint density at radius 2 is 2.07 bits per heavy atom. The molecule has 146 valence electrons. The Morgan fingerprint density at radius 1 is 1.21 bits per heavy atom. The third-order valence-corrected chi connectivity index (χ3v) is 4.22. The Balaban J connectivity index is 1.63. The number of nitrogens with zero attached hydrogens (tertiary/aromatic N) is 3. The maximum absolute atomic E-state index is 12.4. The molecule has 0 saturated heterocycles. The highest BCUT2D eigenvalue weighted by molar-refractivity contribution is 5.90. The maximum Gasteiger partial charge on any atom is 0.341 e. The molecule has 1 aliphatic rings. The smallest absolute Gasteiger partial charge is 0.341 e. The second-order valence-electron chi connectivity index (χ2n) is 6.06. The van der Waals surface area contributed by atoms with Crippen LogP contribution in [0.4, 0.5) is 0 Å². The number of rotatable bonds is 7. The lowest BCUT2D eigenvalue weighted by atomic mass is 10.2. The number of hydrogen-bond acceptors (Lipinski definition) is 8. The van der Waals surface area contributed by atoms with Gasteiger partial charge in [-0.25, -0.2) is 9.48 Å². The van der Waals surface area contributed by atoms with Crippen LogP contribution >= 0.6 is 0 Å². The van der Waals surface area contributed by atoms with Crippen LogP contribution in [-0.4, -0.2) is 40.7 Å². The van der Waals surface area contributed by atoms with Crippen LogP contribution in [0.1, 0.15) is 28.7 Å². The second kappa shape index (κ2) is 8.13. The van der Waals surface area contributed by atoms with Gasteiger partial charge in [0.25, 0.3) is 0 Å². The Morgan fingerprint density at radius 3 is 2.86 bits per heavy atom. The van der Waals surface area contributed by atoms with Crippen molar-refractivity contribution >= 4 is 5.97 Å². The monoisotopic (exact) mass is 384 g/mol. The molecular weight excluding hydrogens is 364 g/mol. The fraction of sp³-hybridized carbons (Fsp3) is 0.316. The van der Waals surface area contributed by atoms with Gasteiger partial charge in [0, 0.05) is 25.2 Å². The molecule has 1 aromatic carbocycles. The molecule has 1 N–H and O–H groups in total. The summed E-state index contributed by atoms with van der Waals surface area (Å²) in [7, 11) is 0. The fourth-order valence-corrected chi connectivity index (χ4v) is 2.95. The molecule has 0 radical (unpaired) electrons. The van der Waals surface area contributed by atoms with Gasteiger partial charge in [-0.1, -0.05) is 5.16 Å². The van der Waals surface area contributed by atoms with Crippen LogP contribution in [0, 0.1) is 0 Å². The number of fused-ring (bicyclic) bond motifs is 1. The van der Waals surface area contributed by atoms with Crippen molar-refractivity contribution in [3.63, 3.8) is 0 Å². The number of aromatic nitrogens is 3. The quantitative estimate of drug-likeness (QED) is 0.618. The molecule has 4 rings (SSSR count). The average molecular weight is 384 g/mol. The van der Waals surface area contributed by atoms with Gasteiger partial charge in [-0.2, -0.15) is 5.10 Å². The summed E-state index contributed by atoms with van der Waals surface area (Å²) in [5, 5.41) is 11.5. The van der Waals surface area contributed by atoms with E-state index in [1.165, 1.54) is 12.5 Å². The van der Waals surface area contributed by atoms with E-state index in [9.17, 15) is 4.79 Å². The van der Waals surface area contributed by atoms with Crippen LogP contribution in [-0.2, 0) is 17.8 Å². The van der Waals surface area contributed by atoms with Gasteiger partial charge >= 0.3 is 5.97 Å². The molecule has 1 aliphatic heterocycles. The van der Waals surface area contributed by atoms with E-state index in [0.717, 1.165) is 11.4 Å². The number of hydrogen-bond donors (Lipinski definition) is 1. The van der Waals surface area contributed by atoms with E-state index in [0.29, 0.717) is 55.7 Å². The normalized spacial score (nSPS) is 12.8. The van der Waals surface area contributed by atoms with E-state index in [4.69, 9.17) is 18.7 Å². The van der Waals surface area contributed by atoms with Crippen molar-refractivity contribution in [2.24, 2.45) is 0 Å². The van der Waals surface area contributed by atoms with Gasteiger partial charge in [-0.3, -0.25) is 0 Å². The number of ether oxygens (including phenoxy) is 3. The van der Waals surface area contributed by atoms with E-state index >= 15 is 0 Å². The average Bonchev–Trinajstić information content (AvgIpc) is 3.38. The van der Waals surface area contributed by atoms with Crippen molar-refractivity contribution in [1.82, 2.24) is 20.3 Å². The summed E-state index contributed by atoms with van der Waals surface area (Å²) in [6, 6.07) is 7.33. The largest absolute Gasteiger partial charge is 0.486 e. The van der Waals surface area contributed by atoms with Crippen LogP contribution in [0.25, 0.3) is 5.69 Å². The van der Waals surface area contributed by atoms with Crippen LogP contribution in [0.15, 0.2) is 41.2 Å². The first-order chi connectivity index (χ1) is 13.8. The molecule has 9 heteroatoms. The summed E-state index contributed by atoms with van der Waals surface area (Å²) in [4.78, 5) is 12.4. The van der Waals surface area contributed by atoms with Gasteiger partial charge in [-0.15, -0.1) is 0 Å². The van der Waals surface area contributed by atoms with Crippen LogP contribution in [0.2, 0.25) is 0 Å². The van der Waals surface area contributed by atoms with Crippen molar-refractivity contribution in [1.29, 1.82) is 0 Å². The number of carbonyl (C=O) groups is 1. The highest BCUT2D eigenvalue weighted by atomic mass is 16.6. The van der Waals surface area contributed by atoms with E-state index in [-0.39, 0.29) is 0 Å². The summed E-state index contributed by atoms with van der Waals surface area (Å²) in [6.07, 6.45) is 3.03. The first kappa shape index (κ1) is 18.1. The molecule has 0 unspecified atom stereocenters. The minimum atomic E-state index is -0.412. The molecule has 3 heterocycles. The van der Waals surface area contributed by atoms with Gasteiger partial charge in [-0.05, 0) is 19.1 Å². The van der Waals surface area contributed by atoms with E-state index in [2.05, 4.69) is 15.6 Å². The standard InChI is InChI=1S/C19H20N4O5/c1-2-25-19(24)15-11-21-23(16(15)12-20-10-13-5-6-28-22-13)14-3-4-17-18(9-14)27-8-7-26-17/h3-6,9,11,20H,2,7-8,10,12H2,1H3. The Labute approximate surface area is 161 Å². The molecule has 0 spiro atoms. The first-order valence-electron chi connectivity index (χ1n) is 9.00. The first-order valence-corrected chi connectivity index (χ1v) is 9.00. The van der Waals surface area contributed by atoms with Gasteiger partial charge < -0.3 is 24.1 Å². The van der Waals surface area contributed by atoms with Crippen molar-refractivity contribution in [3.05, 3.63) is 53.7 Å². The molecule has 9 nitrogen and oxygen atoms in total. The summed E-state index contributed by atoms with van der Waals surface area (Å²) in [5.74, 6) is 0.932. The van der Waals surface area contributed by atoms with Crippen LogP contribution in [0.3, 0.4) is 0 Å². The maximum atomic E-state index is 12.4. The lowest BCUT2D eigenvalue weighted by Crippen LogP contribution is -2.19. The van der Waals surface area contributed by atoms with Gasteiger partial charge in [0.05, 0.1) is 29.9 Å². The van der Waals surface area contributed by atoms with Gasteiger partial charge in [0.1, 0.15) is 25.0 Å². The van der Waals surface area contributed by atoms with Gasteiger partial charge in [0.2, 0.25) is 0 Å². The SMILES string of the molecule is CCOC(=O)c1cnn(-c2ccc3c(c2)OCCO3)c1CNCc1ccon1. The third-order valence-electron chi connectivity index (χ3n) is 4.22. The molecule has 0 aliphatic carbocycles. The predicted octanol–water partition coefficient (Wildman–Crippen LogP) is 2.10. The highest BCUT2D eigenvalue weighted by Crippen LogP contribution is 2.32. The van der Waals surface area contributed by atoms with E-state index in [1.54, 1.807) is 17.7 Å². The third kappa shape index (κ3) is 3.70. The van der Waals surface area contributed by atoms with Crippen molar-refractivity contribution < 1.29 is 23.5 Å². The van der Waals surface area contributed by atoms with E-state index in [1.807, 2.05) is 18.2 Å². The molecule has 0 fully saturated rings. The zero-order valence-corrected chi connectivity index (χ0v) is 15.4. The highest BCUT2D eigenvalue weighted by Gasteiger charge is 2.21. The Hall–Kier alpha value is -3.33. The lowest BCUT2D eigenvalue weighted by molar-refractivity contribution is 0.0525. The van der Waals surface area contributed by atoms with Crippen LogP contribution in [0.5, 0.6) is 11.5 Å². The zero-order chi connectivity index (χ0) is 19.3. The summed E-state index contributed by atoms with van der Waals surface area (Å²) >= 11 is 0. The Kier molecular flexibility index (Phi) is 5.24.